The Morgan fingerprint density at radius 3 is 2.28 bits per heavy atom. The maximum Gasteiger partial charge on any atom is 0.345 e. The van der Waals surface area contributed by atoms with Gasteiger partial charge in [-0.1, -0.05) is 11.6 Å². The van der Waals surface area contributed by atoms with Crippen LogP contribution in [-0.4, -0.2) is 22.4 Å². The highest BCUT2D eigenvalue weighted by Gasteiger charge is 2.28. The minimum atomic E-state index is -0.957. The maximum atomic E-state index is 11.4. The van der Waals surface area contributed by atoms with Crippen molar-refractivity contribution in [2.45, 2.75) is 6.92 Å². The summed E-state index contributed by atoms with van der Waals surface area (Å²) in [5, 5.41) is 21.0. The van der Waals surface area contributed by atoms with E-state index in [1.54, 1.807) is 0 Å². The third-order valence-electron chi connectivity index (χ3n) is 1.95. The van der Waals surface area contributed by atoms with Gasteiger partial charge in [0.2, 0.25) is 0 Å². The first-order chi connectivity index (χ1) is 8.38. The van der Waals surface area contributed by atoms with Crippen molar-refractivity contribution in [2.24, 2.45) is 0 Å². The molecule has 0 aliphatic carbocycles. The summed E-state index contributed by atoms with van der Waals surface area (Å²) >= 11 is 5.57. The van der Waals surface area contributed by atoms with Crippen LogP contribution < -0.4 is 0 Å². The van der Waals surface area contributed by atoms with Crippen LogP contribution in [0.2, 0.25) is 5.02 Å². The van der Waals surface area contributed by atoms with Gasteiger partial charge < -0.3 is 4.74 Å². The highest BCUT2D eigenvalue weighted by molar-refractivity contribution is 6.33. The van der Waals surface area contributed by atoms with Crippen LogP contribution in [0.5, 0.6) is 0 Å². The molecule has 0 bridgehead atoms. The minimum Gasteiger partial charge on any atom is -0.462 e. The second kappa shape index (κ2) is 5.41. The first-order valence-electron chi connectivity index (χ1n) is 4.68. The highest BCUT2D eigenvalue weighted by atomic mass is 35.5. The van der Waals surface area contributed by atoms with Crippen molar-refractivity contribution in [1.82, 2.24) is 0 Å². The number of benzene rings is 1. The minimum absolute atomic E-state index is 0.0184. The Labute approximate surface area is 105 Å². The third-order valence-corrected chi connectivity index (χ3v) is 2.26. The summed E-state index contributed by atoms with van der Waals surface area (Å²) < 4.78 is 4.60. The zero-order valence-electron chi connectivity index (χ0n) is 9.08. The molecule has 0 fully saturated rings. The molecule has 9 heteroatoms. The van der Waals surface area contributed by atoms with E-state index >= 15 is 0 Å². The number of esters is 1. The first-order valence-corrected chi connectivity index (χ1v) is 5.05. The van der Waals surface area contributed by atoms with Gasteiger partial charge in [0.15, 0.2) is 0 Å². The molecule has 1 rings (SSSR count). The number of ether oxygens (including phenoxy) is 1. The summed E-state index contributed by atoms with van der Waals surface area (Å²) in [5.41, 5.74) is -1.78. The molecule has 0 radical (unpaired) electrons. The zero-order valence-corrected chi connectivity index (χ0v) is 9.84. The largest absolute Gasteiger partial charge is 0.462 e. The van der Waals surface area contributed by atoms with Crippen LogP contribution in [0.4, 0.5) is 11.4 Å². The van der Waals surface area contributed by atoms with E-state index in [1.807, 2.05) is 0 Å². The summed E-state index contributed by atoms with van der Waals surface area (Å²) in [6.07, 6.45) is 0. The van der Waals surface area contributed by atoms with Gasteiger partial charge in [0.05, 0.1) is 22.5 Å². The van der Waals surface area contributed by atoms with Crippen molar-refractivity contribution in [1.29, 1.82) is 0 Å². The van der Waals surface area contributed by atoms with Gasteiger partial charge in [-0.25, -0.2) is 4.79 Å². The molecule has 0 spiro atoms. The van der Waals surface area contributed by atoms with E-state index in [2.05, 4.69) is 4.74 Å². The van der Waals surface area contributed by atoms with Crippen LogP contribution >= 0.6 is 11.6 Å². The number of halogens is 1. The molecule has 0 atom stereocenters. The van der Waals surface area contributed by atoms with Crippen molar-refractivity contribution in [3.8, 4) is 0 Å². The number of carbonyl (C=O) groups excluding carboxylic acids is 1. The molecule has 0 unspecified atom stereocenters. The van der Waals surface area contributed by atoms with E-state index in [9.17, 15) is 25.0 Å². The van der Waals surface area contributed by atoms with Crippen LogP contribution in [0.1, 0.15) is 17.3 Å². The molecule has 1 aromatic carbocycles. The Balaban J connectivity index is 3.43. The first kappa shape index (κ1) is 13.8. The Morgan fingerprint density at radius 1 is 1.28 bits per heavy atom. The van der Waals surface area contributed by atoms with Crippen LogP contribution in [0.3, 0.4) is 0 Å². The Bertz CT molecular complexity index is 530. The fraction of sp³-hybridized carbons (Fsp3) is 0.222. The lowest BCUT2D eigenvalue weighted by Crippen LogP contribution is -2.08. The second-order valence-electron chi connectivity index (χ2n) is 3.06. The van der Waals surface area contributed by atoms with Crippen molar-refractivity contribution >= 4 is 28.9 Å². The number of hydrogen-bond donors (Lipinski definition) is 0. The molecule has 0 saturated carbocycles. The zero-order chi connectivity index (χ0) is 13.9. The normalized spacial score (nSPS) is 9.89. The molecule has 0 aromatic heterocycles. The van der Waals surface area contributed by atoms with E-state index in [1.165, 1.54) is 6.92 Å². The summed E-state index contributed by atoms with van der Waals surface area (Å²) in [6, 6.07) is 1.49. The van der Waals surface area contributed by atoms with Crippen LogP contribution in [0.25, 0.3) is 0 Å². The lowest BCUT2D eigenvalue weighted by Gasteiger charge is -2.03. The van der Waals surface area contributed by atoms with Gasteiger partial charge in [-0.05, 0) is 13.0 Å². The summed E-state index contributed by atoms with van der Waals surface area (Å²) in [6.45, 7) is 1.54. The van der Waals surface area contributed by atoms with Gasteiger partial charge in [-0.15, -0.1) is 0 Å². The number of hydrogen-bond acceptors (Lipinski definition) is 6. The van der Waals surface area contributed by atoms with E-state index in [4.69, 9.17) is 11.6 Å². The van der Waals surface area contributed by atoms with Crippen molar-refractivity contribution in [3.63, 3.8) is 0 Å². The molecule has 1 aromatic rings. The SMILES string of the molecule is CCOC(=O)c1cc(Cl)c([N+](=O)[O-])cc1[N+](=O)[O-]. The second-order valence-corrected chi connectivity index (χ2v) is 3.46. The predicted octanol–water partition coefficient (Wildman–Crippen LogP) is 2.33. The highest BCUT2D eigenvalue weighted by Crippen LogP contribution is 2.32. The van der Waals surface area contributed by atoms with Gasteiger partial charge >= 0.3 is 5.97 Å². The Morgan fingerprint density at radius 2 is 1.83 bits per heavy atom. The quantitative estimate of drug-likeness (QED) is 0.473. The molecule has 18 heavy (non-hydrogen) atoms. The molecule has 0 aliphatic heterocycles. The van der Waals surface area contributed by atoms with Gasteiger partial charge in [-0.3, -0.25) is 20.2 Å². The molecule has 0 N–H and O–H groups in total. The van der Waals surface area contributed by atoms with Gasteiger partial charge in [-0.2, -0.15) is 0 Å². The lowest BCUT2D eigenvalue weighted by molar-refractivity contribution is -0.394. The smallest absolute Gasteiger partial charge is 0.345 e. The van der Waals surface area contributed by atoms with Gasteiger partial charge in [0.1, 0.15) is 10.6 Å². The van der Waals surface area contributed by atoms with Crippen LogP contribution in [-0.2, 0) is 4.74 Å². The molecular weight excluding hydrogens is 268 g/mol. The van der Waals surface area contributed by atoms with Crippen LogP contribution in [0.15, 0.2) is 12.1 Å². The van der Waals surface area contributed by atoms with Gasteiger partial charge in [0, 0.05) is 0 Å². The fourth-order valence-corrected chi connectivity index (χ4v) is 1.45. The Hall–Kier alpha value is -2.22. The number of rotatable bonds is 4. The predicted molar refractivity (Wildman–Crippen MR) is 60.7 cm³/mol. The van der Waals surface area contributed by atoms with E-state index in [0.29, 0.717) is 6.07 Å². The van der Waals surface area contributed by atoms with E-state index in [-0.39, 0.29) is 11.6 Å². The van der Waals surface area contributed by atoms with Crippen molar-refractivity contribution in [3.05, 3.63) is 42.9 Å². The molecule has 0 saturated heterocycles. The molecule has 0 amide bonds. The van der Waals surface area contributed by atoms with Gasteiger partial charge in [0.25, 0.3) is 11.4 Å². The number of nitro benzene ring substituents is 2. The monoisotopic (exact) mass is 274 g/mol. The summed E-state index contributed by atoms with van der Waals surface area (Å²) in [5.74, 6) is -0.957. The molecule has 0 aliphatic rings. The lowest BCUT2D eigenvalue weighted by atomic mass is 10.1. The Kier molecular flexibility index (Phi) is 4.16. The topological polar surface area (TPSA) is 113 Å². The van der Waals surface area contributed by atoms with Crippen LogP contribution in [0, 0.1) is 20.2 Å². The van der Waals surface area contributed by atoms with Crippen molar-refractivity contribution < 1.29 is 19.4 Å². The summed E-state index contributed by atoms with van der Waals surface area (Å²) in [4.78, 5) is 31.0. The maximum absolute atomic E-state index is 11.4. The number of nitro groups is 2. The molecule has 96 valence electrons. The summed E-state index contributed by atoms with van der Waals surface area (Å²) in [7, 11) is 0. The van der Waals surface area contributed by atoms with Crippen molar-refractivity contribution in [2.75, 3.05) is 6.61 Å². The molecular formula is C9H7ClN2O6. The molecule has 0 heterocycles. The van der Waals surface area contributed by atoms with E-state index in [0.717, 1.165) is 6.07 Å². The standard InChI is InChI=1S/C9H7ClN2O6/c1-2-18-9(13)5-3-6(10)8(12(16)17)4-7(5)11(14)15/h3-4H,2H2,1H3. The average molecular weight is 275 g/mol. The average Bonchev–Trinajstić information content (AvgIpc) is 2.27. The molecule has 8 nitrogen and oxygen atoms in total. The number of nitrogens with zero attached hydrogens (tertiary/aromatic N) is 2. The number of carbonyl (C=O) groups is 1. The fourth-order valence-electron chi connectivity index (χ4n) is 1.21. The van der Waals surface area contributed by atoms with E-state index < -0.39 is 32.8 Å². The third kappa shape index (κ3) is 2.72.